The molecule has 2 aromatic carbocycles. The zero-order valence-corrected chi connectivity index (χ0v) is 17.4. The fourth-order valence-electron chi connectivity index (χ4n) is 4.75. The Hall–Kier alpha value is -2.73. The van der Waals surface area contributed by atoms with Crippen molar-refractivity contribution in [3.63, 3.8) is 0 Å². The van der Waals surface area contributed by atoms with Gasteiger partial charge in [0.1, 0.15) is 5.75 Å². The highest BCUT2D eigenvalue weighted by molar-refractivity contribution is 5.94. The van der Waals surface area contributed by atoms with Crippen molar-refractivity contribution < 1.29 is 19.0 Å². The van der Waals surface area contributed by atoms with Crippen molar-refractivity contribution in [2.24, 2.45) is 0 Å². The average molecular weight is 408 g/mol. The van der Waals surface area contributed by atoms with Gasteiger partial charge in [0.2, 0.25) is 6.79 Å². The number of amides is 1. The molecule has 0 saturated carbocycles. The van der Waals surface area contributed by atoms with Crippen LogP contribution in [0.3, 0.4) is 0 Å². The first-order chi connectivity index (χ1) is 14.7. The van der Waals surface area contributed by atoms with Crippen LogP contribution in [-0.2, 0) is 13.0 Å². The number of benzene rings is 2. The van der Waals surface area contributed by atoms with Gasteiger partial charge in [-0.1, -0.05) is 13.0 Å². The summed E-state index contributed by atoms with van der Waals surface area (Å²) in [5.41, 5.74) is 2.92. The van der Waals surface area contributed by atoms with Crippen LogP contribution in [0.15, 0.2) is 36.4 Å². The van der Waals surface area contributed by atoms with Crippen LogP contribution in [0.25, 0.3) is 0 Å². The van der Waals surface area contributed by atoms with E-state index in [1.807, 2.05) is 41.3 Å². The van der Waals surface area contributed by atoms with Crippen molar-refractivity contribution in [3.05, 3.63) is 53.1 Å². The quantitative estimate of drug-likeness (QED) is 0.733. The number of likely N-dealkylation sites (tertiary alicyclic amines) is 1. The van der Waals surface area contributed by atoms with Gasteiger partial charge in [-0.15, -0.1) is 0 Å². The molecule has 1 fully saturated rings. The van der Waals surface area contributed by atoms with E-state index in [9.17, 15) is 4.79 Å². The van der Waals surface area contributed by atoms with Crippen LogP contribution in [-0.4, -0.2) is 54.8 Å². The summed E-state index contributed by atoms with van der Waals surface area (Å²) in [6.45, 7) is 6.57. The lowest BCUT2D eigenvalue weighted by Crippen LogP contribution is -2.42. The third kappa shape index (κ3) is 3.72. The van der Waals surface area contributed by atoms with Crippen LogP contribution >= 0.6 is 0 Å². The van der Waals surface area contributed by atoms with Gasteiger partial charge in [0.25, 0.3) is 5.91 Å². The molecule has 0 radical (unpaired) electrons. The summed E-state index contributed by atoms with van der Waals surface area (Å²) >= 11 is 0. The lowest BCUT2D eigenvalue weighted by atomic mass is 10.1. The number of likely N-dealkylation sites (N-methyl/N-ethyl adjacent to an activating group) is 1. The van der Waals surface area contributed by atoms with Gasteiger partial charge in [-0.05, 0) is 67.4 Å². The zero-order valence-electron chi connectivity index (χ0n) is 17.4. The van der Waals surface area contributed by atoms with E-state index in [0.717, 1.165) is 66.4 Å². The minimum atomic E-state index is 0.0744. The topological polar surface area (TPSA) is 51.2 Å². The third-order valence-electron chi connectivity index (χ3n) is 6.37. The number of hydrogen-bond acceptors (Lipinski definition) is 5. The Morgan fingerprint density at radius 3 is 2.87 bits per heavy atom. The molecule has 0 aliphatic carbocycles. The van der Waals surface area contributed by atoms with Crippen molar-refractivity contribution >= 4 is 5.91 Å². The molecular formula is C24H28N2O4. The van der Waals surface area contributed by atoms with Crippen molar-refractivity contribution in [2.75, 3.05) is 33.0 Å². The van der Waals surface area contributed by atoms with E-state index in [1.165, 1.54) is 6.42 Å². The Morgan fingerprint density at radius 2 is 1.97 bits per heavy atom. The van der Waals surface area contributed by atoms with Crippen LogP contribution in [0, 0.1) is 0 Å². The predicted molar refractivity (Wildman–Crippen MR) is 113 cm³/mol. The highest BCUT2D eigenvalue weighted by atomic mass is 16.7. The maximum Gasteiger partial charge on any atom is 0.254 e. The molecular weight excluding hydrogens is 380 g/mol. The Kier molecular flexibility index (Phi) is 5.25. The van der Waals surface area contributed by atoms with Crippen molar-refractivity contribution in [1.82, 2.24) is 9.80 Å². The highest BCUT2D eigenvalue weighted by Crippen LogP contribution is 2.33. The Bertz CT molecular complexity index is 945. The fraction of sp³-hybridized carbons (Fsp3) is 0.458. The smallest absolute Gasteiger partial charge is 0.254 e. The molecule has 1 atom stereocenters. The standard InChI is InChI=1S/C24H28N2O4/c1-2-25-10-3-4-20(25)15-26(14-17-5-7-22-23(12-17)30-16-29-22)24(27)19-6-8-21-18(13-19)9-11-28-21/h5-8,12-13,20H,2-4,9-11,14-16H2,1H3/t20-/m1/s1. The van der Waals surface area contributed by atoms with Crippen LogP contribution in [0.5, 0.6) is 17.2 Å². The lowest BCUT2D eigenvalue weighted by molar-refractivity contribution is 0.0692. The molecule has 0 bridgehead atoms. The maximum atomic E-state index is 13.6. The van der Waals surface area contributed by atoms with Gasteiger partial charge in [-0.2, -0.15) is 0 Å². The molecule has 1 saturated heterocycles. The molecule has 0 unspecified atom stereocenters. The van der Waals surface area contributed by atoms with E-state index in [4.69, 9.17) is 14.2 Å². The average Bonchev–Trinajstić information content (AvgIpc) is 3.51. The summed E-state index contributed by atoms with van der Waals surface area (Å²) in [6, 6.07) is 12.2. The number of ether oxygens (including phenoxy) is 3. The molecule has 6 nitrogen and oxygen atoms in total. The maximum absolute atomic E-state index is 13.6. The van der Waals surface area contributed by atoms with Crippen LogP contribution in [0.1, 0.15) is 41.3 Å². The molecule has 6 heteroatoms. The van der Waals surface area contributed by atoms with E-state index in [2.05, 4.69) is 11.8 Å². The molecule has 3 aliphatic rings. The number of hydrogen-bond donors (Lipinski definition) is 0. The van der Waals surface area contributed by atoms with Crippen molar-refractivity contribution in [3.8, 4) is 17.2 Å². The first-order valence-electron chi connectivity index (χ1n) is 10.9. The minimum absolute atomic E-state index is 0.0744. The lowest BCUT2D eigenvalue weighted by Gasteiger charge is -2.30. The fourth-order valence-corrected chi connectivity index (χ4v) is 4.75. The second kappa shape index (κ2) is 8.19. The zero-order chi connectivity index (χ0) is 20.5. The van der Waals surface area contributed by atoms with E-state index >= 15 is 0 Å². The number of nitrogens with zero attached hydrogens (tertiary/aromatic N) is 2. The first kappa shape index (κ1) is 19.2. The monoisotopic (exact) mass is 408 g/mol. The number of carbonyl (C=O) groups is 1. The number of rotatable bonds is 6. The van der Waals surface area contributed by atoms with Gasteiger partial charge < -0.3 is 19.1 Å². The second-order valence-corrected chi connectivity index (χ2v) is 8.22. The van der Waals surface area contributed by atoms with Gasteiger partial charge in [-0.25, -0.2) is 0 Å². The van der Waals surface area contributed by atoms with Crippen LogP contribution < -0.4 is 14.2 Å². The van der Waals surface area contributed by atoms with E-state index in [1.54, 1.807) is 0 Å². The molecule has 158 valence electrons. The Morgan fingerprint density at radius 1 is 1.10 bits per heavy atom. The summed E-state index contributed by atoms with van der Waals surface area (Å²) in [5.74, 6) is 2.50. The molecule has 30 heavy (non-hydrogen) atoms. The summed E-state index contributed by atoms with van der Waals surface area (Å²) < 4.78 is 16.6. The molecule has 0 N–H and O–H groups in total. The Balaban J connectivity index is 1.40. The number of fused-ring (bicyclic) bond motifs is 2. The van der Waals surface area contributed by atoms with Crippen LogP contribution in [0.2, 0.25) is 0 Å². The number of carbonyl (C=O) groups excluding carboxylic acids is 1. The van der Waals surface area contributed by atoms with Gasteiger partial charge in [0, 0.05) is 31.1 Å². The van der Waals surface area contributed by atoms with Gasteiger partial charge in [0.05, 0.1) is 6.61 Å². The normalized spacial score (nSPS) is 19.6. The molecule has 0 spiro atoms. The van der Waals surface area contributed by atoms with E-state index in [0.29, 0.717) is 19.2 Å². The summed E-state index contributed by atoms with van der Waals surface area (Å²) in [4.78, 5) is 18.1. The SMILES string of the molecule is CCN1CCC[C@@H]1CN(Cc1ccc2c(c1)OCO2)C(=O)c1ccc2c(c1)CCO2. The summed E-state index contributed by atoms with van der Waals surface area (Å²) in [6.07, 6.45) is 3.20. The van der Waals surface area contributed by atoms with Crippen molar-refractivity contribution in [1.29, 1.82) is 0 Å². The van der Waals surface area contributed by atoms with E-state index in [-0.39, 0.29) is 12.7 Å². The molecule has 3 aliphatic heterocycles. The van der Waals surface area contributed by atoms with E-state index < -0.39 is 0 Å². The minimum Gasteiger partial charge on any atom is -0.493 e. The first-order valence-corrected chi connectivity index (χ1v) is 10.9. The van der Waals surface area contributed by atoms with Gasteiger partial charge >= 0.3 is 0 Å². The third-order valence-corrected chi connectivity index (χ3v) is 6.37. The second-order valence-electron chi connectivity index (χ2n) is 8.22. The predicted octanol–water partition coefficient (Wildman–Crippen LogP) is 3.48. The largest absolute Gasteiger partial charge is 0.493 e. The van der Waals surface area contributed by atoms with Gasteiger partial charge in [0.15, 0.2) is 11.5 Å². The van der Waals surface area contributed by atoms with Crippen molar-refractivity contribution in [2.45, 2.75) is 38.8 Å². The van der Waals surface area contributed by atoms with Crippen LogP contribution in [0.4, 0.5) is 0 Å². The molecule has 0 aromatic heterocycles. The Labute approximate surface area is 177 Å². The molecule has 3 heterocycles. The summed E-state index contributed by atoms with van der Waals surface area (Å²) in [5, 5.41) is 0. The molecule has 5 rings (SSSR count). The highest BCUT2D eigenvalue weighted by Gasteiger charge is 2.28. The molecule has 1 amide bonds. The summed E-state index contributed by atoms with van der Waals surface area (Å²) in [7, 11) is 0. The molecule has 2 aromatic rings. The van der Waals surface area contributed by atoms with Gasteiger partial charge in [-0.3, -0.25) is 9.69 Å².